The summed E-state index contributed by atoms with van der Waals surface area (Å²) in [6.45, 7) is 5.24. The number of rotatable bonds is 15. The van der Waals surface area contributed by atoms with E-state index in [0.29, 0.717) is 46.2 Å². The maximum absolute atomic E-state index is 9.77. The number of benzene rings is 4. The lowest BCUT2D eigenvalue weighted by molar-refractivity contribution is 0.271. The van der Waals surface area contributed by atoms with E-state index in [9.17, 15) is 15.5 Å². The fraction of sp³-hybridized carbons (Fsp3) is 0.273. The number of nitrogens with zero attached hydrogens (tertiary/aromatic N) is 8. The van der Waals surface area contributed by atoms with E-state index < -0.39 is 0 Å². The fourth-order valence-electron chi connectivity index (χ4n) is 6.72. The molecule has 0 spiro atoms. The molecule has 0 radical (unpaired) electrons. The molecule has 7 aromatic rings. The van der Waals surface area contributed by atoms with Gasteiger partial charge in [0.15, 0.2) is 10.3 Å². The van der Waals surface area contributed by atoms with Crippen molar-refractivity contribution in [3.63, 3.8) is 0 Å². The van der Waals surface area contributed by atoms with Crippen LogP contribution in [0.15, 0.2) is 97.1 Å². The van der Waals surface area contributed by atoms with Gasteiger partial charge < -0.3 is 19.3 Å². The van der Waals surface area contributed by atoms with Crippen molar-refractivity contribution in [1.29, 1.82) is 5.26 Å². The minimum atomic E-state index is -0.133. The Balaban J connectivity index is 0.000000218. The summed E-state index contributed by atoms with van der Waals surface area (Å²) in [4.78, 5) is 8.90. The van der Waals surface area contributed by atoms with Crippen LogP contribution in [0.2, 0.25) is 10.3 Å². The topological polar surface area (TPSA) is 154 Å². The normalized spacial score (nSPS) is 10.8. The van der Waals surface area contributed by atoms with Crippen LogP contribution in [0.3, 0.4) is 0 Å². The number of tetrazole rings is 1. The van der Waals surface area contributed by atoms with E-state index in [-0.39, 0.29) is 37.2 Å². The number of hydrogen-bond acceptors (Lipinski definition) is 8. The zero-order valence-corrected chi connectivity index (χ0v) is 36.3. The molecule has 0 aliphatic carbocycles. The average Bonchev–Trinajstić information content (AvgIpc) is 3.97. The van der Waals surface area contributed by atoms with Crippen LogP contribution in [0.4, 0.5) is 0 Å². The molecule has 4 aromatic carbocycles. The third kappa shape index (κ3) is 10.6. The Morgan fingerprint density at radius 1 is 0.655 bits per heavy atom. The van der Waals surface area contributed by atoms with E-state index in [0.717, 1.165) is 89.1 Å². The van der Waals surface area contributed by atoms with Crippen molar-refractivity contribution < 1.29 is 10.2 Å². The highest BCUT2D eigenvalue weighted by atomic mass is 127. The lowest BCUT2D eigenvalue weighted by Crippen LogP contribution is -2.09. The predicted molar refractivity (Wildman–Crippen MR) is 239 cm³/mol. The Morgan fingerprint density at radius 3 is 1.57 bits per heavy atom. The molecular formula is C44H46Cl2IN9O2. The van der Waals surface area contributed by atoms with Crippen molar-refractivity contribution in [3.05, 3.63) is 147 Å². The number of nitriles is 1. The molecule has 0 fully saturated rings. The average molecular weight is 931 g/mol. The molecule has 11 nitrogen and oxygen atoms in total. The molecule has 300 valence electrons. The second-order valence-electron chi connectivity index (χ2n) is 13.6. The molecule has 0 saturated heterocycles. The Kier molecular flexibility index (Phi) is 16.6. The first-order valence-corrected chi connectivity index (χ1v) is 19.8. The molecule has 3 N–H and O–H groups in total. The van der Waals surface area contributed by atoms with E-state index in [4.69, 9.17) is 23.2 Å². The number of aromatic amines is 1. The summed E-state index contributed by atoms with van der Waals surface area (Å²) in [6.07, 6.45) is 5.89. The first-order valence-electron chi connectivity index (χ1n) is 19.1. The van der Waals surface area contributed by atoms with Crippen molar-refractivity contribution in [2.45, 2.75) is 78.7 Å². The fourth-order valence-corrected chi connectivity index (χ4v) is 7.24. The van der Waals surface area contributed by atoms with Crippen LogP contribution in [0.25, 0.3) is 33.6 Å². The van der Waals surface area contributed by atoms with E-state index in [1.807, 2.05) is 81.9 Å². The Morgan fingerprint density at radius 2 is 1.12 bits per heavy atom. The Bertz CT molecular complexity index is 2410. The second kappa shape index (κ2) is 21.7. The number of halogens is 3. The monoisotopic (exact) mass is 929 g/mol. The Labute approximate surface area is 365 Å². The maximum Gasteiger partial charge on any atom is 0.205 e. The highest BCUT2D eigenvalue weighted by Gasteiger charge is 2.17. The molecule has 3 heterocycles. The van der Waals surface area contributed by atoms with Gasteiger partial charge in [0.1, 0.15) is 11.6 Å². The van der Waals surface area contributed by atoms with Gasteiger partial charge in [-0.1, -0.05) is 141 Å². The predicted octanol–water partition coefficient (Wildman–Crippen LogP) is 9.84. The van der Waals surface area contributed by atoms with Crippen molar-refractivity contribution in [3.8, 4) is 39.7 Å². The van der Waals surface area contributed by atoms with Crippen LogP contribution in [-0.2, 0) is 39.1 Å². The van der Waals surface area contributed by atoms with Crippen LogP contribution >= 0.6 is 47.2 Å². The van der Waals surface area contributed by atoms with Gasteiger partial charge in [0.05, 0.1) is 36.2 Å². The maximum atomic E-state index is 9.77. The van der Waals surface area contributed by atoms with Gasteiger partial charge in [-0.3, -0.25) is 0 Å². The number of unbranched alkanes of at least 4 members (excludes halogenated alkanes) is 2. The minimum Gasteiger partial charge on any atom is -0.390 e. The van der Waals surface area contributed by atoms with Crippen LogP contribution in [-0.4, -0.2) is 49.9 Å². The summed E-state index contributed by atoms with van der Waals surface area (Å²) in [7, 11) is 0. The van der Waals surface area contributed by atoms with Crippen molar-refractivity contribution >= 4 is 47.2 Å². The van der Waals surface area contributed by atoms with Gasteiger partial charge in [0.2, 0.25) is 5.82 Å². The minimum absolute atomic E-state index is 0. The summed E-state index contributed by atoms with van der Waals surface area (Å²) in [5.41, 5.74) is 9.14. The van der Waals surface area contributed by atoms with Gasteiger partial charge in [-0.2, -0.15) is 10.5 Å². The van der Waals surface area contributed by atoms with Gasteiger partial charge in [0.25, 0.3) is 0 Å². The zero-order chi connectivity index (χ0) is 40.1. The molecule has 0 amide bonds. The second-order valence-corrected chi connectivity index (χ2v) is 14.3. The smallest absolute Gasteiger partial charge is 0.205 e. The number of hydrogen-bond donors (Lipinski definition) is 3. The van der Waals surface area contributed by atoms with Crippen molar-refractivity contribution in [1.82, 2.24) is 39.7 Å². The molecule has 3 aromatic heterocycles. The molecule has 14 heteroatoms. The van der Waals surface area contributed by atoms with E-state index >= 15 is 0 Å². The number of imidazole rings is 2. The van der Waals surface area contributed by atoms with Crippen LogP contribution in [0.1, 0.15) is 79.3 Å². The van der Waals surface area contributed by atoms with Gasteiger partial charge in [0, 0.05) is 31.5 Å². The standard InChI is InChI=1S/C22H23ClN6O.C22H22ClN3O.HI/c1-2-3-8-20-24-21(23)19(14-30)29(20)13-15-9-11-16(12-10-15)17-6-4-5-7-18(17)22-25-27-28-26-22;1-2-3-8-21-25-22(23)20(15-27)26(21)14-16-9-11-17(12-10-16)19-7-5-4-6-18(19)13-24;/h4-7,9-12,30H,2-3,8,13-14H2,1H3,(H,25,26,27,28);4-7,9-12,27H,2-3,8,14-15H2,1H3;1H. The number of aliphatic hydroxyl groups excluding tert-OH is 2. The third-order valence-corrected chi connectivity index (χ3v) is 10.4. The summed E-state index contributed by atoms with van der Waals surface area (Å²) in [5, 5.41) is 43.9. The molecule has 0 aliphatic heterocycles. The van der Waals surface area contributed by atoms with Gasteiger partial charge >= 0.3 is 0 Å². The molecule has 0 aliphatic rings. The molecule has 58 heavy (non-hydrogen) atoms. The lowest BCUT2D eigenvalue weighted by atomic mass is 9.98. The van der Waals surface area contributed by atoms with Gasteiger partial charge in [-0.25, -0.2) is 9.97 Å². The molecular weight excluding hydrogens is 884 g/mol. The van der Waals surface area contributed by atoms with Crippen molar-refractivity contribution in [2.75, 3.05) is 0 Å². The summed E-state index contributed by atoms with van der Waals surface area (Å²) < 4.78 is 4.04. The number of H-pyrrole nitrogens is 1. The molecule has 0 saturated carbocycles. The molecule has 0 unspecified atom stereocenters. The highest BCUT2D eigenvalue weighted by Crippen LogP contribution is 2.31. The van der Waals surface area contributed by atoms with Crippen LogP contribution in [0.5, 0.6) is 0 Å². The van der Waals surface area contributed by atoms with Gasteiger partial charge in [-0.05, 0) is 57.5 Å². The number of aryl methyl sites for hydroxylation is 2. The van der Waals surface area contributed by atoms with E-state index in [1.54, 1.807) is 0 Å². The Hall–Kier alpha value is -4.91. The van der Waals surface area contributed by atoms with Gasteiger partial charge in [-0.15, -0.1) is 34.2 Å². The van der Waals surface area contributed by atoms with E-state index in [2.05, 4.69) is 74.8 Å². The number of aromatic nitrogens is 8. The largest absolute Gasteiger partial charge is 0.390 e. The summed E-state index contributed by atoms with van der Waals surface area (Å²) in [6, 6.07) is 34.3. The quantitative estimate of drug-likeness (QED) is 0.0859. The van der Waals surface area contributed by atoms with E-state index in [1.165, 1.54) is 0 Å². The van der Waals surface area contributed by atoms with Crippen molar-refractivity contribution in [2.24, 2.45) is 0 Å². The third-order valence-electron chi connectivity index (χ3n) is 9.78. The summed E-state index contributed by atoms with van der Waals surface area (Å²) >= 11 is 12.5. The first-order chi connectivity index (χ1) is 27.9. The SMILES string of the molecule is CCCCc1nc(Cl)c(CO)n1Cc1ccc(-c2ccccc2-c2nn[nH]n2)cc1.CCCCc1nc(Cl)c(CO)n1Cc1ccc(-c2ccccc2C#N)cc1.I. The first kappa shape index (κ1) is 44.2. The molecule has 0 atom stereocenters. The van der Waals surface area contributed by atoms with Crippen LogP contribution in [0, 0.1) is 11.3 Å². The molecule has 7 rings (SSSR count). The highest BCUT2D eigenvalue weighted by molar-refractivity contribution is 14.0. The lowest BCUT2D eigenvalue weighted by Gasteiger charge is -2.12. The zero-order valence-electron chi connectivity index (χ0n) is 32.4. The molecule has 0 bridgehead atoms. The summed E-state index contributed by atoms with van der Waals surface area (Å²) in [5.74, 6) is 2.39. The number of nitrogens with one attached hydrogen (secondary N) is 1. The number of aliphatic hydroxyl groups is 2. The van der Waals surface area contributed by atoms with Crippen LogP contribution < -0.4 is 0 Å².